The molecule has 4 nitrogen and oxygen atoms in total. The fraction of sp³-hybridized carbons (Fsp3) is 0.176. The summed E-state index contributed by atoms with van der Waals surface area (Å²) in [6.45, 7) is 0.734. The van der Waals surface area contributed by atoms with Crippen LogP contribution in [-0.2, 0) is 11.3 Å². The number of likely N-dealkylation sites (N-methyl/N-ethyl adjacent to an activating group) is 1. The lowest BCUT2D eigenvalue weighted by Crippen LogP contribution is -2.30. The van der Waals surface area contributed by atoms with E-state index in [2.05, 4.69) is 11.4 Å². The van der Waals surface area contributed by atoms with Crippen LogP contribution in [0.3, 0.4) is 0 Å². The zero-order chi connectivity index (χ0) is 16.8. The van der Waals surface area contributed by atoms with Crippen LogP contribution in [0.15, 0.2) is 42.5 Å². The SMILES string of the molecule is CN(CC(=O)Nc1c(Cl)cccc1Cl)Cc1cccc(C#N)c1. The number of amides is 1. The first-order valence-electron chi connectivity index (χ1n) is 6.91. The van der Waals surface area contributed by atoms with E-state index in [-0.39, 0.29) is 12.5 Å². The molecular weight excluding hydrogens is 333 g/mol. The maximum atomic E-state index is 12.1. The average Bonchev–Trinajstić information content (AvgIpc) is 2.51. The van der Waals surface area contributed by atoms with Crippen molar-refractivity contribution in [1.29, 1.82) is 5.26 Å². The minimum atomic E-state index is -0.209. The van der Waals surface area contributed by atoms with Crippen molar-refractivity contribution in [3.63, 3.8) is 0 Å². The second kappa shape index (κ2) is 7.98. The summed E-state index contributed by atoms with van der Waals surface area (Å²) in [4.78, 5) is 14.0. The minimum Gasteiger partial charge on any atom is -0.322 e. The molecule has 0 unspecified atom stereocenters. The van der Waals surface area contributed by atoms with E-state index in [0.717, 1.165) is 5.56 Å². The van der Waals surface area contributed by atoms with Crippen molar-refractivity contribution in [3.05, 3.63) is 63.6 Å². The Bertz CT molecular complexity index is 735. The van der Waals surface area contributed by atoms with Crippen LogP contribution in [0.2, 0.25) is 10.0 Å². The van der Waals surface area contributed by atoms with Gasteiger partial charge < -0.3 is 5.32 Å². The highest BCUT2D eigenvalue weighted by atomic mass is 35.5. The van der Waals surface area contributed by atoms with E-state index in [0.29, 0.717) is 27.8 Å². The maximum Gasteiger partial charge on any atom is 0.238 e. The predicted molar refractivity (Wildman–Crippen MR) is 92.6 cm³/mol. The zero-order valence-electron chi connectivity index (χ0n) is 12.5. The van der Waals surface area contributed by atoms with Crippen LogP contribution < -0.4 is 5.32 Å². The van der Waals surface area contributed by atoms with Crippen LogP contribution in [0.1, 0.15) is 11.1 Å². The Hall–Kier alpha value is -2.06. The van der Waals surface area contributed by atoms with Gasteiger partial charge in [-0.05, 0) is 36.9 Å². The van der Waals surface area contributed by atoms with Crippen LogP contribution in [0, 0.1) is 11.3 Å². The lowest BCUT2D eigenvalue weighted by Gasteiger charge is -2.17. The van der Waals surface area contributed by atoms with Crippen molar-refractivity contribution >= 4 is 34.8 Å². The maximum absolute atomic E-state index is 12.1. The molecule has 23 heavy (non-hydrogen) atoms. The molecule has 0 heterocycles. The van der Waals surface area contributed by atoms with Crippen LogP contribution >= 0.6 is 23.2 Å². The highest BCUT2D eigenvalue weighted by Crippen LogP contribution is 2.29. The van der Waals surface area contributed by atoms with Gasteiger partial charge in [-0.2, -0.15) is 5.26 Å². The van der Waals surface area contributed by atoms with Gasteiger partial charge in [-0.15, -0.1) is 0 Å². The van der Waals surface area contributed by atoms with Gasteiger partial charge in [-0.25, -0.2) is 0 Å². The van der Waals surface area contributed by atoms with Crippen molar-refractivity contribution in [1.82, 2.24) is 4.90 Å². The molecule has 0 saturated heterocycles. The predicted octanol–water partition coefficient (Wildman–Crippen LogP) is 3.94. The van der Waals surface area contributed by atoms with Gasteiger partial charge in [0.05, 0.1) is 33.9 Å². The Labute approximate surface area is 145 Å². The highest BCUT2D eigenvalue weighted by molar-refractivity contribution is 6.39. The number of carbonyl (C=O) groups is 1. The van der Waals surface area contributed by atoms with Gasteiger partial charge in [0.1, 0.15) is 0 Å². The topological polar surface area (TPSA) is 56.1 Å². The summed E-state index contributed by atoms with van der Waals surface area (Å²) in [6, 6.07) is 14.4. The molecule has 0 spiro atoms. The molecule has 0 aliphatic heterocycles. The number of benzene rings is 2. The van der Waals surface area contributed by atoms with Gasteiger partial charge in [0.2, 0.25) is 5.91 Å². The largest absolute Gasteiger partial charge is 0.322 e. The highest BCUT2D eigenvalue weighted by Gasteiger charge is 2.12. The Kier molecular flexibility index (Phi) is 6.00. The quantitative estimate of drug-likeness (QED) is 0.891. The summed E-state index contributed by atoms with van der Waals surface area (Å²) < 4.78 is 0. The van der Waals surface area contributed by atoms with Crippen molar-refractivity contribution in [2.75, 3.05) is 18.9 Å². The molecule has 0 fully saturated rings. The Morgan fingerprint density at radius 2 is 1.87 bits per heavy atom. The van der Waals surface area contributed by atoms with E-state index < -0.39 is 0 Å². The molecule has 1 amide bonds. The van der Waals surface area contributed by atoms with Gasteiger partial charge in [0.25, 0.3) is 0 Å². The molecule has 1 N–H and O–H groups in total. The van der Waals surface area contributed by atoms with Gasteiger partial charge in [0, 0.05) is 6.54 Å². The molecule has 0 aromatic heterocycles. The number of halogens is 2. The summed E-state index contributed by atoms with van der Waals surface area (Å²) in [6.07, 6.45) is 0. The van der Waals surface area contributed by atoms with Gasteiger partial charge in [0.15, 0.2) is 0 Å². The number of hydrogen-bond acceptors (Lipinski definition) is 3. The van der Waals surface area contributed by atoms with Gasteiger partial charge in [-0.1, -0.05) is 41.4 Å². The summed E-state index contributed by atoms with van der Waals surface area (Å²) in [5.41, 5.74) is 1.99. The standard InChI is InChI=1S/C17H15Cl2N3O/c1-22(10-13-5-2-4-12(8-13)9-20)11-16(23)21-17-14(18)6-3-7-15(17)19/h2-8H,10-11H2,1H3,(H,21,23). The molecule has 0 aliphatic carbocycles. The number of anilines is 1. The molecule has 0 saturated carbocycles. The normalized spacial score (nSPS) is 10.4. The van der Waals surface area contributed by atoms with Crippen LogP contribution in [-0.4, -0.2) is 24.4 Å². The van der Waals surface area contributed by atoms with E-state index >= 15 is 0 Å². The van der Waals surface area contributed by atoms with E-state index in [1.807, 2.05) is 24.1 Å². The summed E-state index contributed by atoms with van der Waals surface area (Å²) in [5.74, 6) is -0.209. The number of para-hydroxylation sites is 1. The average molecular weight is 348 g/mol. The second-order valence-corrected chi connectivity index (χ2v) is 5.94. The third-order valence-corrected chi connectivity index (χ3v) is 3.78. The zero-order valence-corrected chi connectivity index (χ0v) is 14.0. The van der Waals surface area contributed by atoms with Crippen LogP contribution in [0.25, 0.3) is 0 Å². The summed E-state index contributed by atoms with van der Waals surface area (Å²) in [7, 11) is 1.83. The number of nitrogens with zero attached hydrogens (tertiary/aromatic N) is 2. The number of hydrogen-bond donors (Lipinski definition) is 1. The van der Waals surface area contributed by atoms with Crippen LogP contribution in [0.5, 0.6) is 0 Å². The molecule has 0 atom stereocenters. The van der Waals surface area contributed by atoms with Crippen molar-refractivity contribution < 1.29 is 4.79 Å². The first kappa shape index (κ1) is 17.3. The Morgan fingerprint density at radius 1 is 1.22 bits per heavy atom. The first-order valence-corrected chi connectivity index (χ1v) is 7.66. The molecule has 118 valence electrons. The van der Waals surface area contributed by atoms with Gasteiger partial charge >= 0.3 is 0 Å². The van der Waals surface area contributed by atoms with Crippen molar-refractivity contribution in [2.24, 2.45) is 0 Å². The number of rotatable bonds is 5. The van der Waals surface area contributed by atoms with Crippen molar-refractivity contribution in [3.8, 4) is 6.07 Å². The Morgan fingerprint density at radius 3 is 2.52 bits per heavy atom. The van der Waals surface area contributed by atoms with E-state index in [9.17, 15) is 4.79 Å². The lowest BCUT2D eigenvalue weighted by atomic mass is 10.1. The molecule has 6 heteroatoms. The van der Waals surface area contributed by atoms with E-state index in [1.54, 1.807) is 30.3 Å². The minimum absolute atomic E-state index is 0.179. The summed E-state index contributed by atoms with van der Waals surface area (Å²) in [5, 5.41) is 12.4. The second-order valence-electron chi connectivity index (χ2n) is 5.13. The molecule has 2 aromatic rings. The third-order valence-electron chi connectivity index (χ3n) is 3.15. The Balaban J connectivity index is 1.96. The van der Waals surface area contributed by atoms with Gasteiger partial charge in [-0.3, -0.25) is 9.69 Å². The fourth-order valence-electron chi connectivity index (χ4n) is 2.15. The van der Waals surface area contributed by atoms with E-state index in [1.165, 1.54) is 0 Å². The van der Waals surface area contributed by atoms with Crippen molar-refractivity contribution in [2.45, 2.75) is 6.54 Å². The molecule has 2 aromatic carbocycles. The fourth-order valence-corrected chi connectivity index (χ4v) is 2.64. The lowest BCUT2D eigenvalue weighted by molar-refractivity contribution is -0.117. The molecule has 0 radical (unpaired) electrons. The number of carbonyl (C=O) groups excluding carboxylic acids is 1. The first-order chi connectivity index (χ1) is 11.0. The smallest absolute Gasteiger partial charge is 0.238 e. The number of nitrogens with one attached hydrogen (secondary N) is 1. The van der Waals surface area contributed by atoms with Crippen LogP contribution in [0.4, 0.5) is 5.69 Å². The third kappa shape index (κ3) is 4.97. The molecule has 0 aliphatic rings. The van der Waals surface area contributed by atoms with E-state index in [4.69, 9.17) is 28.5 Å². The molecule has 2 rings (SSSR count). The monoisotopic (exact) mass is 347 g/mol. The number of nitriles is 1. The molecular formula is C17H15Cl2N3O. The molecule has 0 bridgehead atoms. The summed E-state index contributed by atoms with van der Waals surface area (Å²) >= 11 is 12.1.